The van der Waals surface area contributed by atoms with E-state index in [1.807, 2.05) is 24.3 Å². The van der Waals surface area contributed by atoms with E-state index in [9.17, 15) is 4.79 Å². The van der Waals surface area contributed by atoms with E-state index in [1.54, 1.807) is 18.4 Å². The molecule has 9 heteroatoms. The molecular formula is C21H29N5O3S. The normalized spacial score (nSPS) is 16.0. The van der Waals surface area contributed by atoms with Crippen LogP contribution < -0.4 is 16.0 Å². The molecule has 1 atom stereocenters. The number of ether oxygens (including phenoxy) is 2. The Morgan fingerprint density at radius 1 is 1.23 bits per heavy atom. The molecule has 3 N–H and O–H groups in total. The quantitative estimate of drug-likeness (QED) is 0.462. The fourth-order valence-corrected chi connectivity index (χ4v) is 4.12. The molecule has 8 nitrogen and oxygen atoms in total. The standard InChI is InChI=1S/C21H29N5O3S/c1-22-20(23-14-16-5-7-17(8-6-16)25-21(27)28-2)24-15-18(19-4-3-13-30-19)26-9-11-29-12-10-26/h3-8,13,18H,9-12,14-15H2,1-2H3,(H,25,27)(H2,22,23,24). The highest BCUT2D eigenvalue weighted by Crippen LogP contribution is 2.25. The smallest absolute Gasteiger partial charge is 0.411 e. The maximum atomic E-state index is 11.3. The van der Waals surface area contributed by atoms with Crippen LogP contribution in [0.4, 0.5) is 10.5 Å². The summed E-state index contributed by atoms with van der Waals surface area (Å²) in [6, 6.07) is 12.2. The first kappa shape index (κ1) is 22.1. The van der Waals surface area contributed by atoms with Crippen molar-refractivity contribution in [2.45, 2.75) is 12.6 Å². The first-order valence-corrected chi connectivity index (χ1v) is 10.8. The van der Waals surface area contributed by atoms with Gasteiger partial charge in [-0.15, -0.1) is 11.3 Å². The first-order chi connectivity index (χ1) is 14.7. The molecule has 1 aliphatic rings. The lowest BCUT2D eigenvalue weighted by molar-refractivity contribution is 0.0177. The molecule has 1 unspecified atom stereocenters. The number of nitrogens with zero attached hydrogens (tertiary/aromatic N) is 2. The molecule has 1 amide bonds. The van der Waals surface area contributed by atoms with Gasteiger partial charge in [-0.1, -0.05) is 18.2 Å². The Bertz CT molecular complexity index is 805. The number of carbonyl (C=O) groups is 1. The molecule has 1 saturated heterocycles. The lowest BCUT2D eigenvalue weighted by atomic mass is 10.2. The molecule has 0 radical (unpaired) electrons. The third kappa shape index (κ3) is 6.45. The van der Waals surface area contributed by atoms with Crippen LogP contribution in [0.15, 0.2) is 46.8 Å². The predicted molar refractivity (Wildman–Crippen MR) is 120 cm³/mol. The Morgan fingerprint density at radius 3 is 2.63 bits per heavy atom. The van der Waals surface area contributed by atoms with Crippen molar-refractivity contribution >= 4 is 29.1 Å². The van der Waals surface area contributed by atoms with Crippen LogP contribution in [0.1, 0.15) is 16.5 Å². The number of hydrogen-bond donors (Lipinski definition) is 3. The van der Waals surface area contributed by atoms with Crippen LogP contribution in [0, 0.1) is 0 Å². The molecule has 30 heavy (non-hydrogen) atoms. The minimum Gasteiger partial charge on any atom is -0.453 e. The lowest BCUT2D eigenvalue weighted by Crippen LogP contribution is -2.46. The van der Waals surface area contributed by atoms with E-state index in [4.69, 9.17) is 4.74 Å². The van der Waals surface area contributed by atoms with Gasteiger partial charge in [-0.2, -0.15) is 0 Å². The number of morpholine rings is 1. The minimum atomic E-state index is -0.481. The number of hydrogen-bond acceptors (Lipinski definition) is 6. The Balaban J connectivity index is 1.52. The molecule has 2 heterocycles. The molecule has 1 fully saturated rings. The van der Waals surface area contributed by atoms with E-state index in [1.165, 1.54) is 12.0 Å². The number of rotatable bonds is 7. The summed E-state index contributed by atoms with van der Waals surface area (Å²) in [7, 11) is 3.11. The average molecular weight is 432 g/mol. The maximum absolute atomic E-state index is 11.3. The monoisotopic (exact) mass is 431 g/mol. The van der Waals surface area contributed by atoms with Gasteiger partial charge in [0.2, 0.25) is 0 Å². The van der Waals surface area contributed by atoms with Crippen LogP contribution in [0.2, 0.25) is 0 Å². The number of thiophene rings is 1. The summed E-state index contributed by atoms with van der Waals surface area (Å²) in [5.41, 5.74) is 1.77. The van der Waals surface area contributed by atoms with Gasteiger partial charge in [-0.3, -0.25) is 15.2 Å². The van der Waals surface area contributed by atoms with Gasteiger partial charge in [0.15, 0.2) is 5.96 Å². The van der Waals surface area contributed by atoms with Crippen molar-refractivity contribution in [1.82, 2.24) is 15.5 Å². The highest BCUT2D eigenvalue weighted by atomic mass is 32.1. The number of guanidine groups is 1. The average Bonchev–Trinajstić information content (AvgIpc) is 3.32. The van der Waals surface area contributed by atoms with Crippen molar-refractivity contribution in [3.8, 4) is 0 Å². The van der Waals surface area contributed by atoms with Gasteiger partial charge < -0.3 is 20.1 Å². The highest BCUT2D eigenvalue weighted by Gasteiger charge is 2.23. The van der Waals surface area contributed by atoms with Crippen molar-refractivity contribution in [1.29, 1.82) is 0 Å². The molecule has 1 aromatic heterocycles. The van der Waals surface area contributed by atoms with Crippen LogP contribution in [-0.4, -0.2) is 64.0 Å². The zero-order valence-corrected chi connectivity index (χ0v) is 18.2. The summed E-state index contributed by atoms with van der Waals surface area (Å²) in [4.78, 5) is 19.4. The van der Waals surface area contributed by atoms with Crippen LogP contribution in [0.3, 0.4) is 0 Å². The Labute approximate surface area is 181 Å². The molecule has 0 spiro atoms. The zero-order chi connectivity index (χ0) is 21.2. The molecule has 1 aliphatic heterocycles. The molecule has 2 aromatic rings. The summed E-state index contributed by atoms with van der Waals surface area (Å²) >= 11 is 1.78. The third-order valence-electron chi connectivity index (χ3n) is 4.89. The number of aliphatic imine (C=N–C) groups is 1. The first-order valence-electron chi connectivity index (χ1n) is 9.93. The van der Waals surface area contributed by atoms with Gasteiger partial charge in [0.05, 0.1) is 26.4 Å². The number of methoxy groups -OCH3 is 1. The van der Waals surface area contributed by atoms with E-state index in [-0.39, 0.29) is 6.04 Å². The summed E-state index contributed by atoms with van der Waals surface area (Å²) in [5.74, 6) is 0.751. The fourth-order valence-electron chi connectivity index (χ4n) is 3.25. The van der Waals surface area contributed by atoms with Gasteiger partial charge in [-0.05, 0) is 29.1 Å². The van der Waals surface area contributed by atoms with E-state index >= 15 is 0 Å². The molecule has 3 rings (SSSR count). The van der Waals surface area contributed by atoms with Gasteiger partial charge in [0.25, 0.3) is 0 Å². The Morgan fingerprint density at radius 2 is 2.00 bits per heavy atom. The van der Waals surface area contributed by atoms with E-state index < -0.39 is 6.09 Å². The van der Waals surface area contributed by atoms with Crippen molar-refractivity contribution in [2.75, 3.05) is 52.3 Å². The second-order valence-electron chi connectivity index (χ2n) is 6.80. The van der Waals surface area contributed by atoms with E-state index in [2.05, 4.69) is 48.1 Å². The largest absolute Gasteiger partial charge is 0.453 e. The number of anilines is 1. The SMILES string of the molecule is CN=C(NCc1ccc(NC(=O)OC)cc1)NCC(c1cccs1)N1CCOCC1. The molecule has 1 aromatic carbocycles. The van der Waals surface area contributed by atoms with Gasteiger partial charge in [0.1, 0.15) is 0 Å². The molecule has 162 valence electrons. The Hall–Kier alpha value is -2.62. The van der Waals surface area contributed by atoms with Crippen LogP contribution >= 0.6 is 11.3 Å². The number of benzene rings is 1. The summed E-state index contributed by atoms with van der Waals surface area (Å²) in [6.07, 6.45) is -0.481. The van der Waals surface area contributed by atoms with Gasteiger partial charge >= 0.3 is 6.09 Å². The molecule has 0 saturated carbocycles. The minimum absolute atomic E-state index is 0.288. The molecule has 0 bridgehead atoms. The van der Waals surface area contributed by atoms with Crippen LogP contribution in [0.25, 0.3) is 0 Å². The van der Waals surface area contributed by atoms with Crippen LogP contribution in [0.5, 0.6) is 0 Å². The van der Waals surface area contributed by atoms with Crippen molar-refractivity contribution in [2.24, 2.45) is 4.99 Å². The predicted octanol–water partition coefficient (Wildman–Crippen LogP) is 2.66. The van der Waals surface area contributed by atoms with Crippen molar-refractivity contribution < 1.29 is 14.3 Å². The van der Waals surface area contributed by atoms with Crippen molar-refractivity contribution in [3.05, 3.63) is 52.2 Å². The topological polar surface area (TPSA) is 87.2 Å². The zero-order valence-electron chi connectivity index (χ0n) is 17.4. The van der Waals surface area contributed by atoms with Gasteiger partial charge in [-0.25, -0.2) is 4.79 Å². The van der Waals surface area contributed by atoms with E-state index in [0.29, 0.717) is 12.2 Å². The second-order valence-corrected chi connectivity index (χ2v) is 7.78. The summed E-state index contributed by atoms with van der Waals surface area (Å²) in [6.45, 7) is 4.80. The number of amides is 1. The number of carbonyl (C=O) groups excluding carboxylic acids is 1. The van der Waals surface area contributed by atoms with Crippen LogP contribution in [-0.2, 0) is 16.0 Å². The summed E-state index contributed by atoms with van der Waals surface area (Å²) in [5, 5.41) is 11.6. The second kappa shape index (κ2) is 11.5. The number of nitrogens with one attached hydrogen (secondary N) is 3. The third-order valence-corrected chi connectivity index (χ3v) is 5.86. The maximum Gasteiger partial charge on any atom is 0.411 e. The van der Waals surface area contributed by atoms with Crippen molar-refractivity contribution in [3.63, 3.8) is 0 Å². The molecular weight excluding hydrogens is 402 g/mol. The van der Waals surface area contributed by atoms with Gasteiger partial charge in [0, 0.05) is 43.8 Å². The van der Waals surface area contributed by atoms with E-state index in [0.717, 1.165) is 44.4 Å². The molecule has 0 aliphatic carbocycles. The fraction of sp³-hybridized carbons (Fsp3) is 0.429. The Kier molecular flexibility index (Phi) is 8.49. The highest BCUT2D eigenvalue weighted by molar-refractivity contribution is 7.10. The summed E-state index contributed by atoms with van der Waals surface area (Å²) < 4.78 is 10.1. The lowest BCUT2D eigenvalue weighted by Gasteiger charge is -2.34.